The summed E-state index contributed by atoms with van der Waals surface area (Å²) in [6.07, 6.45) is 2.51. The Bertz CT molecular complexity index is 734. The fourth-order valence-electron chi connectivity index (χ4n) is 4.79. The van der Waals surface area contributed by atoms with Gasteiger partial charge in [0.1, 0.15) is 17.8 Å². The van der Waals surface area contributed by atoms with Crippen LogP contribution in [-0.4, -0.2) is 40.5 Å². The standard InChI is InChI=1S/C19H22O6/c1-8-6-9(2)14(21)13-17-19(25-18(13)23)7-10(3)16(24-17)15(22)11(19)4-5-12(8)20/h4-5,8-11,15-16,22H,6-7H2,1-3H3/b5-4+/t8-,9+,10+,11+,15+,16-,19+/m0/s1. The number of aliphatic hydroxyl groups excluding tert-OH is 1. The summed E-state index contributed by atoms with van der Waals surface area (Å²) in [5.41, 5.74) is -1.21. The second-order valence-electron chi connectivity index (χ2n) is 7.93. The van der Waals surface area contributed by atoms with Crippen molar-refractivity contribution in [1.29, 1.82) is 0 Å². The summed E-state index contributed by atoms with van der Waals surface area (Å²) in [6.45, 7) is 5.41. The molecule has 0 radical (unpaired) electrons. The van der Waals surface area contributed by atoms with Gasteiger partial charge in [-0.05, 0) is 18.4 Å². The van der Waals surface area contributed by atoms with E-state index < -0.39 is 35.6 Å². The summed E-state index contributed by atoms with van der Waals surface area (Å²) < 4.78 is 11.6. The van der Waals surface area contributed by atoms with Crippen LogP contribution in [0.25, 0.3) is 0 Å². The summed E-state index contributed by atoms with van der Waals surface area (Å²) in [4.78, 5) is 37.8. The Morgan fingerprint density at radius 2 is 1.88 bits per heavy atom. The highest BCUT2D eigenvalue weighted by Gasteiger charge is 2.67. The molecule has 0 aromatic carbocycles. The van der Waals surface area contributed by atoms with Crippen LogP contribution in [0, 0.1) is 23.7 Å². The van der Waals surface area contributed by atoms with Gasteiger partial charge < -0.3 is 14.6 Å². The molecule has 0 aromatic rings. The number of ketones is 2. The average Bonchev–Trinajstić information content (AvgIpc) is 2.83. The van der Waals surface area contributed by atoms with Gasteiger partial charge in [0.15, 0.2) is 22.9 Å². The van der Waals surface area contributed by atoms with E-state index in [0.717, 1.165) is 0 Å². The van der Waals surface area contributed by atoms with Crippen LogP contribution in [0.3, 0.4) is 0 Å². The van der Waals surface area contributed by atoms with Crippen molar-refractivity contribution in [2.75, 3.05) is 0 Å². The topological polar surface area (TPSA) is 89.9 Å². The molecule has 0 unspecified atom stereocenters. The van der Waals surface area contributed by atoms with Gasteiger partial charge in [0.25, 0.3) is 0 Å². The molecular weight excluding hydrogens is 324 g/mol. The number of fused-ring (bicyclic) bond motifs is 1. The molecule has 6 nitrogen and oxygen atoms in total. The van der Waals surface area contributed by atoms with Crippen LogP contribution in [0.1, 0.15) is 33.6 Å². The lowest BCUT2D eigenvalue weighted by Crippen LogP contribution is -2.63. The van der Waals surface area contributed by atoms with Crippen molar-refractivity contribution in [3.63, 3.8) is 0 Å². The predicted molar refractivity (Wildman–Crippen MR) is 86.1 cm³/mol. The van der Waals surface area contributed by atoms with Gasteiger partial charge >= 0.3 is 5.97 Å². The quantitative estimate of drug-likeness (QED) is 0.526. The van der Waals surface area contributed by atoms with E-state index in [1.165, 1.54) is 6.08 Å². The predicted octanol–water partition coefficient (Wildman–Crippen LogP) is 1.32. The van der Waals surface area contributed by atoms with Gasteiger partial charge in [0, 0.05) is 18.3 Å². The number of rotatable bonds is 0. The second-order valence-corrected chi connectivity index (χ2v) is 7.93. The molecule has 1 saturated carbocycles. The van der Waals surface area contributed by atoms with Crippen molar-refractivity contribution >= 4 is 17.5 Å². The van der Waals surface area contributed by atoms with Crippen molar-refractivity contribution in [2.24, 2.45) is 23.7 Å². The van der Waals surface area contributed by atoms with Gasteiger partial charge in [-0.2, -0.15) is 0 Å². The molecule has 3 heterocycles. The van der Waals surface area contributed by atoms with E-state index >= 15 is 0 Å². The van der Waals surface area contributed by atoms with E-state index in [-0.39, 0.29) is 34.7 Å². The number of esters is 1. The molecule has 5 bridgehead atoms. The van der Waals surface area contributed by atoms with Gasteiger partial charge in [-0.3, -0.25) is 9.59 Å². The van der Waals surface area contributed by atoms with Crippen LogP contribution in [0.5, 0.6) is 0 Å². The lowest BCUT2D eigenvalue weighted by atomic mass is 9.64. The Hall–Kier alpha value is -1.95. The first-order valence-corrected chi connectivity index (χ1v) is 8.85. The van der Waals surface area contributed by atoms with E-state index in [0.29, 0.717) is 12.8 Å². The molecular formula is C19H22O6. The number of hydrogen-bond donors (Lipinski definition) is 1. The molecule has 5 rings (SSSR count). The summed E-state index contributed by atoms with van der Waals surface area (Å²) in [5.74, 6) is -2.27. The number of hydrogen-bond acceptors (Lipinski definition) is 6. The van der Waals surface area contributed by atoms with E-state index in [1.807, 2.05) is 6.92 Å². The van der Waals surface area contributed by atoms with Crippen molar-refractivity contribution in [3.05, 3.63) is 23.5 Å². The molecule has 5 aliphatic rings. The van der Waals surface area contributed by atoms with Crippen LogP contribution in [-0.2, 0) is 23.9 Å². The van der Waals surface area contributed by atoms with Gasteiger partial charge in [0.2, 0.25) is 0 Å². The monoisotopic (exact) mass is 346 g/mol. The molecule has 0 aromatic heterocycles. The molecule has 3 aliphatic heterocycles. The first kappa shape index (κ1) is 16.5. The van der Waals surface area contributed by atoms with Crippen LogP contribution in [0.2, 0.25) is 0 Å². The minimum Gasteiger partial charge on any atom is -0.486 e. The zero-order chi connectivity index (χ0) is 18.1. The molecule has 0 amide bonds. The zero-order valence-corrected chi connectivity index (χ0v) is 14.5. The average molecular weight is 346 g/mol. The third kappa shape index (κ3) is 2.09. The number of Topliss-reactive ketones (excluding diaryl/α,β-unsaturated/α-hetero) is 1. The highest BCUT2D eigenvalue weighted by atomic mass is 16.6. The van der Waals surface area contributed by atoms with Crippen molar-refractivity contribution in [1.82, 2.24) is 0 Å². The molecule has 6 heteroatoms. The van der Waals surface area contributed by atoms with Gasteiger partial charge in [0.05, 0.1) is 5.92 Å². The second kappa shape index (κ2) is 5.27. The minimum atomic E-state index is -1.18. The van der Waals surface area contributed by atoms with Gasteiger partial charge in [-0.15, -0.1) is 0 Å². The Morgan fingerprint density at radius 3 is 2.60 bits per heavy atom. The summed E-state index contributed by atoms with van der Waals surface area (Å²) in [5, 5.41) is 10.7. The Morgan fingerprint density at radius 1 is 1.16 bits per heavy atom. The molecule has 1 N–H and O–H groups in total. The Labute approximate surface area is 145 Å². The fraction of sp³-hybridized carbons (Fsp3) is 0.632. The maximum atomic E-state index is 12.9. The van der Waals surface area contributed by atoms with Crippen LogP contribution in [0.4, 0.5) is 0 Å². The SMILES string of the molecule is C[C@@H]1C[C@H](C)C(=O)/C=C/[C@@H]2[C@@H](O)[C@H]3OC4=C(C(=O)O[C@@]42C[C@H]3C)C1=O. The molecule has 7 atom stereocenters. The maximum absolute atomic E-state index is 12.9. The molecule has 25 heavy (non-hydrogen) atoms. The molecule has 2 saturated heterocycles. The van der Waals surface area contributed by atoms with E-state index in [9.17, 15) is 19.5 Å². The van der Waals surface area contributed by atoms with Gasteiger partial charge in [-0.25, -0.2) is 4.79 Å². The lowest BCUT2D eigenvalue weighted by Gasteiger charge is -2.54. The largest absolute Gasteiger partial charge is 0.486 e. The normalized spacial score (nSPS) is 47.3. The first-order chi connectivity index (χ1) is 11.8. The summed E-state index contributed by atoms with van der Waals surface area (Å²) in [7, 11) is 0. The van der Waals surface area contributed by atoms with Gasteiger partial charge in [-0.1, -0.05) is 26.8 Å². The van der Waals surface area contributed by atoms with Crippen molar-refractivity contribution in [3.8, 4) is 0 Å². The van der Waals surface area contributed by atoms with Crippen LogP contribution < -0.4 is 0 Å². The molecule has 3 fully saturated rings. The molecule has 2 aliphatic carbocycles. The highest BCUT2D eigenvalue weighted by Crippen LogP contribution is 2.56. The Kier molecular flexibility index (Phi) is 3.48. The minimum absolute atomic E-state index is 0.0252. The summed E-state index contributed by atoms with van der Waals surface area (Å²) in [6, 6.07) is 0. The number of carbonyl (C=O) groups excluding carboxylic acids is 3. The third-order valence-corrected chi connectivity index (χ3v) is 6.13. The number of carbonyl (C=O) groups is 3. The van der Waals surface area contributed by atoms with Crippen LogP contribution in [0.15, 0.2) is 23.5 Å². The smallest absolute Gasteiger partial charge is 0.346 e. The van der Waals surface area contributed by atoms with Crippen molar-refractivity contribution in [2.45, 2.75) is 51.4 Å². The Balaban J connectivity index is 1.93. The van der Waals surface area contributed by atoms with Crippen molar-refractivity contribution < 1.29 is 29.0 Å². The third-order valence-electron chi connectivity index (χ3n) is 6.13. The number of aliphatic hydroxyl groups is 1. The first-order valence-electron chi connectivity index (χ1n) is 8.85. The fourth-order valence-corrected chi connectivity index (χ4v) is 4.79. The number of allylic oxidation sites excluding steroid dienone is 1. The van der Waals surface area contributed by atoms with E-state index in [2.05, 4.69) is 0 Å². The maximum Gasteiger partial charge on any atom is 0.346 e. The lowest BCUT2D eigenvalue weighted by molar-refractivity contribution is -0.220. The summed E-state index contributed by atoms with van der Waals surface area (Å²) >= 11 is 0. The molecule has 1 spiro atoms. The van der Waals surface area contributed by atoms with E-state index in [1.54, 1.807) is 19.9 Å². The zero-order valence-electron chi connectivity index (χ0n) is 14.5. The van der Waals surface area contributed by atoms with Crippen LogP contribution >= 0.6 is 0 Å². The number of ether oxygens (including phenoxy) is 2. The molecule has 134 valence electrons. The van der Waals surface area contributed by atoms with E-state index in [4.69, 9.17) is 9.47 Å². The highest BCUT2D eigenvalue weighted by molar-refractivity contribution is 6.20.